The van der Waals surface area contributed by atoms with Gasteiger partial charge in [-0.1, -0.05) is 24.3 Å². The van der Waals surface area contributed by atoms with Crippen molar-refractivity contribution in [3.05, 3.63) is 41.7 Å². The van der Waals surface area contributed by atoms with Crippen molar-refractivity contribution in [2.45, 2.75) is 6.92 Å². The number of imidazole rings is 1. The summed E-state index contributed by atoms with van der Waals surface area (Å²) in [5, 5.41) is 8.86. The van der Waals surface area contributed by atoms with Crippen molar-refractivity contribution in [3.8, 4) is 11.4 Å². The van der Waals surface area contributed by atoms with Crippen LogP contribution in [0.15, 0.2) is 30.5 Å². The van der Waals surface area contributed by atoms with Gasteiger partial charge in [0.15, 0.2) is 5.69 Å². The molecule has 0 saturated heterocycles. The lowest BCUT2D eigenvalue weighted by Crippen LogP contribution is -1.95. The number of hydrogen-bond donors (Lipinski definition) is 1. The largest absolute Gasteiger partial charge is 0.476 e. The fourth-order valence-electron chi connectivity index (χ4n) is 1.64. The lowest BCUT2D eigenvalue weighted by atomic mass is 10.1. The lowest BCUT2D eigenvalue weighted by molar-refractivity contribution is 0.0691. The van der Waals surface area contributed by atoms with Crippen molar-refractivity contribution in [1.29, 1.82) is 0 Å². The molecule has 2 aromatic rings. The molecule has 0 radical (unpaired) electrons. The lowest BCUT2D eigenvalue weighted by Gasteiger charge is -2.04. The van der Waals surface area contributed by atoms with Crippen LogP contribution in [0.2, 0.25) is 0 Å². The van der Waals surface area contributed by atoms with Crippen LogP contribution >= 0.6 is 0 Å². The van der Waals surface area contributed by atoms with Gasteiger partial charge >= 0.3 is 5.97 Å². The first-order valence-corrected chi connectivity index (χ1v) is 4.92. The highest BCUT2D eigenvalue weighted by Gasteiger charge is 2.13. The number of benzene rings is 1. The summed E-state index contributed by atoms with van der Waals surface area (Å²) >= 11 is 0. The van der Waals surface area contributed by atoms with Gasteiger partial charge < -0.3 is 9.67 Å². The van der Waals surface area contributed by atoms with Crippen LogP contribution in [0.25, 0.3) is 11.4 Å². The quantitative estimate of drug-likeness (QED) is 0.836. The molecule has 0 unspecified atom stereocenters. The van der Waals surface area contributed by atoms with Crippen LogP contribution in [-0.2, 0) is 7.05 Å². The fourth-order valence-corrected chi connectivity index (χ4v) is 1.64. The Morgan fingerprint density at radius 2 is 2.06 bits per heavy atom. The van der Waals surface area contributed by atoms with Gasteiger partial charge in [0.05, 0.1) is 0 Å². The first-order valence-electron chi connectivity index (χ1n) is 4.92. The topological polar surface area (TPSA) is 55.1 Å². The normalized spacial score (nSPS) is 10.4. The second-order valence-electron chi connectivity index (χ2n) is 3.68. The molecule has 0 amide bonds. The van der Waals surface area contributed by atoms with E-state index in [1.165, 1.54) is 6.20 Å². The summed E-state index contributed by atoms with van der Waals surface area (Å²) in [4.78, 5) is 14.9. The summed E-state index contributed by atoms with van der Waals surface area (Å²) in [7, 11) is 1.79. The fraction of sp³-hybridized carbons (Fsp3) is 0.167. The third-order valence-electron chi connectivity index (χ3n) is 2.48. The van der Waals surface area contributed by atoms with Crippen LogP contribution in [0, 0.1) is 6.92 Å². The number of hydrogen-bond acceptors (Lipinski definition) is 2. The number of rotatable bonds is 2. The maximum atomic E-state index is 10.8. The summed E-state index contributed by atoms with van der Waals surface area (Å²) in [6.07, 6.45) is 1.52. The van der Waals surface area contributed by atoms with Gasteiger partial charge in [0.25, 0.3) is 0 Å². The van der Waals surface area contributed by atoms with Crippen molar-refractivity contribution in [2.75, 3.05) is 0 Å². The van der Waals surface area contributed by atoms with Gasteiger partial charge in [0.2, 0.25) is 0 Å². The molecular weight excluding hydrogens is 204 g/mol. The number of aromatic carboxylic acids is 1. The van der Waals surface area contributed by atoms with Gasteiger partial charge in [-0.3, -0.25) is 0 Å². The first-order chi connectivity index (χ1) is 7.59. The molecule has 1 aromatic carbocycles. The molecular formula is C12H12N2O2. The monoisotopic (exact) mass is 216 g/mol. The van der Waals surface area contributed by atoms with Gasteiger partial charge in [0.1, 0.15) is 5.82 Å². The van der Waals surface area contributed by atoms with Crippen LogP contribution < -0.4 is 0 Å². The Bertz CT molecular complexity index is 544. The number of aryl methyl sites for hydroxylation is 2. The van der Waals surface area contributed by atoms with E-state index < -0.39 is 5.97 Å². The van der Waals surface area contributed by atoms with E-state index in [1.807, 2.05) is 31.2 Å². The zero-order valence-electron chi connectivity index (χ0n) is 9.14. The van der Waals surface area contributed by atoms with E-state index in [4.69, 9.17) is 5.11 Å². The predicted octanol–water partition coefficient (Wildman–Crippen LogP) is 2.09. The molecule has 2 rings (SSSR count). The number of carbonyl (C=O) groups is 1. The maximum Gasteiger partial charge on any atom is 0.356 e. The highest BCUT2D eigenvalue weighted by Crippen LogP contribution is 2.21. The Morgan fingerprint density at radius 1 is 1.38 bits per heavy atom. The molecule has 0 spiro atoms. The third-order valence-corrected chi connectivity index (χ3v) is 2.48. The molecule has 0 atom stereocenters. The zero-order chi connectivity index (χ0) is 11.7. The van der Waals surface area contributed by atoms with Gasteiger partial charge in [-0.2, -0.15) is 0 Å². The van der Waals surface area contributed by atoms with E-state index in [9.17, 15) is 4.79 Å². The second kappa shape index (κ2) is 3.81. The second-order valence-corrected chi connectivity index (χ2v) is 3.68. The van der Waals surface area contributed by atoms with E-state index in [0.717, 1.165) is 11.1 Å². The van der Waals surface area contributed by atoms with Crippen LogP contribution in [0.3, 0.4) is 0 Å². The molecule has 4 heteroatoms. The zero-order valence-corrected chi connectivity index (χ0v) is 9.14. The summed E-state index contributed by atoms with van der Waals surface area (Å²) in [5.41, 5.74) is 2.10. The molecule has 0 aliphatic heterocycles. The van der Waals surface area contributed by atoms with E-state index >= 15 is 0 Å². The maximum absolute atomic E-state index is 10.8. The van der Waals surface area contributed by atoms with Crippen LogP contribution in [0.5, 0.6) is 0 Å². The SMILES string of the molecule is Cc1ccccc1-c1nc(C(=O)O)cn1C. The molecule has 0 fully saturated rings. The van der Waals surface area contributed by atoms with E-state index in [0.29, 0.717) is 5.82 Å². The third kappa shape index (κ3) is 1.69. The smallest absolute Gasteiger partial charge is 0.356 e. The predicted molar refractivity (Wildman–Crippen MR) is 60.3 cm³/mol. The van der Waals surface area contributed by atoms with E-state index in [2.05, 4.69) is 4.98 Å². The Balaban J connectivity index is 2.57. The average molecular weight is 216 g/mol. The Labute approximate surface area is 93.2 Å². The summed E-state index contributed by atoms with van der Waals surface area (Å²) in [6.45, 7) is 1.98. The van der Waals surface area contributed by atoms with Crippen LogP contribution in [-0.4, -0.2) is 20.6 Å². The average Bonchev–Trinajstić information content (AvgIpc) is 2.61. The number of carboxylic acids is 1. The molecule has 0 aliphatic carbocycles. The molecule has 0 aliphatic rings. The van der Waals surface area contributed by atoms with Crippen molar-refractivity contribution in [2.24, 2.45) is 7.05 Å². The van der Waals surface area contributed by atoms with Gasteiger partial charge in [0, 0.05) is 18.8 Å². The number of aromatic nitrogens is 2. The van der Waals surface area contributed by atoms with Gasteiger partial charge in [-0.05, 0) is 12.5 Å². The first kappa shape index (κ1) is 10.4. The molecule has 1 aromatic heterocycles. The molecule has 82 valence electrons. The van der Waals surface area contributed by atoms with Gasteiger partial charge in [-0.15, -0.1) is 0 Å². The molecule has 4 nitrogen and oxygen atoms in total. The van der Waals surface area contributed by atoms with Gasteiger partial charge in [-0.25, -0.2) is 9.78 Å². The van der Waals surface area contributed by atoms with Crippen molar-refractivity contribution in [3.63, 3.8) is 0 Å². The minimum atomic E-state index is -1.00. The highest BCUT2D eigenvalue weighted by molar-refractivity contribution is 5.86. The van der Waals surface area contributed by atoms with Crippen molar-refractivity contribution in [1.82, 2.24) is 9.55 Å². The van der Waals surface area contributed by atoms with Crippen molar-refractivity contribution < 1.29 is 9.90 Å². The summed E-state index contributed by atoms with van der Waals surface area (Å²) in [5.74, 6) is -0.328. The molecule has 16 heavy (non-hydrogen) atoms. The molecule has 1 heterocycles. The van der Waals surface area contributed by atoms with E-state index in [-0.39, 0.29) is 5.69 Å². The standard InChI is InChI=1S/C12H12N2O2/c1-8-5-3-4-6-9(8)11-13-10(12(15)16)7-14(11)2/h3-7H,1-2H3,(H,15,16). The molecule has 0 bridgehead atoms. The highest BCUT2D eigenvalue weighted by atomic mass is 16.4. The van der Waals surface area contributed by atoms with E-state index in [1.54, 1.807) is 11.6 Å². The van der Waals surface area contributed by atoms with Crippen LogP contribution in [0.4, 0.5) is 0 Å². The van der Waals surface area contributed by atoms with Crippen LogP contribution in [0.1, 0.15) is 16.1 Å². The minimum Gasteiger partial charge on any atom is -0.476 e. The Hall–Kier alpha value is -2.10. The molecule has 0 saturated carbocycles. The minimum absolute atomic E-state index is 0.0701. The Morgan fingerprint density at radius 3 is 2.62 bits per heavy atom. The Kier molecular flexibility index (Phi) is 2.48. The van der Waals surface area contributed by atoms with Crippen molar-refractivity contribution >= 4 is 5.97 Å². The number of nitrogens with zero attached hydrogens (tertiary/aromatic N) is 2. The number of carboxylic acid groups (broad SMARTS) is 1. The molecule has 1 N–H and O–H groups in total. The summed E-state index contributed by atoms with van der Waals surface area (Å²) < 4.78 is 1.73. The summed E-state index contributed by atoms with van der Waals surface area (Å²) in [6, 6.07) is 7.77.